The molecule has 0 amide bonds. The van der Waals surface area contributed by atoms with Crippen LogP contribution in [0.1, 0.15) is 25.7 Å². The molecule has 1 aliphatic carbocycles. The van der Waals surface area contributed by atoms with Crippen LogP contribution in [0.25, 0.3) is 0 Å². The number of nitrogens with one attached hydrogen (secondary N) is 2. The third-order valence-electron chi connectivity index (χ3n) is 4.00. The number of allylic oxidation sites excluding steroid dienone is 6. The van der Waals surface area contributed by atoms with E-state index in [1.165, 1.54) is 38.6 Å². The fourth-order valence-corrected chi connectivity index (χ4v) is 2.87. The summed E-state index contributed by atoms with van der Waals surface area (Å²) in [4.78, 5) is 0. The molecule has 0 radical (unpaired) electrons. The third-order valence-corrected chi connectivity index (χ3v) is 4.00. The Labute approximate surface area is 127 Å². The fraction of sp³-hybridized carbons (Fsp3) is 0.429. The van der Waals surface area contributed by atoms with Crippen LogP contribution in [0.4, 0.5) is 0 Å². The first-order chi connectivity index (χ1) is 9.80. The van der Waals surface area contributed by atoms with Gasteiger partial charge in [-0.3, -0.25) is 0 Å². The first kappa shape index (κ1) is 17.2. The minimum atomic E-state index is 0.844. The Hall–Kier alpha value is -0.860. The molecular formula is C14H26B4N2. The van der Waals surface area contributed by atoms with Gasteiger partial charge in [0.1, 0.15) is 0 Å². The minimum absolute atomic E-state index is 0.844. The van der Waals surface area contributed by atoms with Crippen molar-refractivity contribution in [1.29, 1.82) is 0 Å². The molecule has 1 fully saturated rings. The second-order valence-electron chi connectivity index (χ2n) is 5.65. The summed E-state index contributed by atoms with van der Waals surface area (Å²) in [5.41, 5.74) is 1.25. The molecule has 0 unspecified atom stereocenters. The SMILES string of the molecule is BNB[C@H]1CC[C@H](BNBC(/C=C\C=C)=C/C=C)CC1. The van der Waals surface area contributed by atoms with Crippen LogP contribution in [0.15, 0.2) is 49.0 Å². The van der Waals surface area contributed by atoms with Gasteiger partial charge in [-0.05, 0) is 0 Å². The van der Waals surface area contributed by atoms with Crippen LogP contribution in [0.5, 0.6) is 0 Å². The van der Waals surface area contributed by atoms with Gasteiger partial charge in [0, 0.05) is 0 Å². The van der Waals surface area contributed by atoms with E-state index in [-0.39, 0.29) is 0 Å². The topological polar surface area (TPSA) is 24.1 Å². The zero-order valence-corrected chi connectivity index (χ0v) is 12.9. The first-order valence-electron chi connectivity index (χ1n) is 7.76. The maximum absolute atomic E-state index is 3.76. The molecule has 0 aromatic carbocycles. The smallest absolute Gasteiger partial charge is 0.224 e. The molecule has 0 aliphatic heterocycles. The molecule has 0 saturated heterocycles. The summed E-state index contributed by atoms with van der Waals surface area (Å²) < 4.78 is 0. The van der Waals surface area contributed by atoms with Crippen molar-refractivity contribution in [3.05, 3.63) is 49.0 Å². The molecule has 1 rings (SSSR count). The van der Waals surface area contributed by atoms with E-state index in [9.17, 15) is 0 Å². The van der Waals surface area contributed by atoms with Crippen LogP contribution in [0.2, 0.25) is 11.6 Å². The van der Waals surface area contributed by atoms with Crippen LogP contribution < -0.4 is 10.3 Å². The van der Waals surface area contributed by atoms with E-state index in [2.05, 4.69) is 43.6 Å². The Kier molecular flexibility index (Phi) is 9.35. The molecule has 0 atom stereocenters. The number of rotatable bonds is 9. The maximum atomic E-state index is 3.76. The second-order valence-corrected chi connectivity index (χ2v) is 5.65. The quantitative estimate of drug-likeness (QED) is 0.474. The Bertz CT molecular complexity index is 347. The van der Waals surface area contributed by atoms with Crippen molar-refractivity contribution in [3.8, 4) is 0 Å². The fourth-order valence-electron chi connectivity index (χ4n) is 2.87. The van der Waals surface area contributed by atoms with Crippen LogP contribution in [0, 0.1) is 0 Å². The molecular weight excluding hydrogens is 239 g/mol. The zero-order chi connectivity index (χ0) is 14.6. The van der Waals surface area contributed by atoms with Crippen LogP contribution in [0.3, 0.4) is 0 Å². The van der Waals surface area contributed by atoms with E-state index in [0.29, 0.717) is 0 Å². The normalized spacial score (nSPS) is 23.3. The Balaban J connectivity index is 2.23. The molecule has 104 valence electrons. The predicted molar refractivity (Wildman–Crippen MR) is 99.8 cm³/mol. The Morgan fingerprint density at radius 1 is 1.05 bits per heavy atom. The summed E-state index contributed by atoms with van der Waals surface area (Å²) in [5, 5.41) is 6.87. The first-order valence-corrected chi connectivity index (χ1v) is 7.76. The maximum Gasteiger partial charge on any atom is 0.224 e. The largest absolute Gasteiger partial charge is 0.407 e. The molecule has 2 N–H and O–H groups in total. The lowest BCUT2D eigenvalue weighted by atomic mass is 9.57. The van der Waals surface area contributed by atoms with Crippen molar-refractivity contribution in [3.63, 3.8) is 0 Å². The highest BCUT2D eigenvalue weighted by atomic mass is 14.6. The van der Waals surface area contributed by atoms with Gasteiger partial charge < -0.3 is 10.3 Å². The summed E-state index contributed by atoms with van der Waals surface area (Å²) in [6.45, 7) is 7.47. The predicted octanol–water partition coefficient (Wildman–Crippen LogP) is 0.731. The average molecular weight is 266 g/mol. The molecule has 6 heteroatoms. The van der Waals surface area contributed by atoms with Gasteiger partial charge in [0.25, 0.3) is 0 Å². The van der Waals surface area contributed by atoms with Crippen molar-refractivity contribution in [1.82, 2.24) is 10.3 Å². The van der Waals surface area contributed by atoms with E-state index in [1.54, 1.807) is 6.08 Å². The minimum Gasteiger partial charge on any atom is -0.407 e. The molecule has 2 nitrogen and oxygen atoms in total. The molecule has 1 saturated carbocycles. The van der Waals surface area contributed by atoms with Crippen LogP contribution in [-0.4, -0.2) is 30.2 Å². The molecule has 20 heavy (non-hydrogen) atoms. The van der Waals surface area contributed by atoms with Crippen molar-refractivity contribution < 1.29 is 0 Å². The van der Waals surface area contributed by atoms with Crippen LogP contribution >= 0.6 is 0 Å². The van der Waals surface area contributed by atoms with Crippen molar-refractivity contribution in [2.24, 2.45) is 0 Å². The van der Waals surface area contributed by atoms with E-state index in [1.807, 2.05) is 12.2 Å². The van der Waals surface area contributed by atoms with Gasteiger partial charge in [0.05, 0.1) is 0 Å². The molecule has 0 aromatic rings. The summed E-state index contributed by atoms with van der Waals surface area (Å²) >= 11 is 0. The van der Waals surface area contributed by atoms with E-state index in [0.717, 1.165) is 26.5 Å². The highest BCUT2D eigenvalue weighted by molar-refractivity contribution is 6.57. The zero-order valence-electron chi connectivity index (χ0n) is 12.9. The van der Waals surface area contributed by atoms with E-state index >= 15 is 0 Å². The van der Waals surface area contributed by atoms with Crippen LogP contribution in [-0.2, 0) is 0 Å². The van der Waals surface area contributed by atoms with Gasteiger partial charge in [0.15, 0.2) is 22.8 Å². The number of hydrogen-bond donors (Lipinski definition) is 2. The van der Waals surface area contributed by atoms with Gasteiger partial charge in [-0.2, -0.15) is 0 Å². The third kappa shape index (κ3) is 7.06. The lowest BCUT2D eigenvalue weighted by Gasteiger charge is -2.27. The van der Waals surface area contributed by atoms with Gasteiger partial charge in [0.2, 0.25) is 7.41 Å². The summed E-state index contributed by atoms with van der Waals surface area (Å²) in [7, 11) is 5.27. The summed E-state index contributed by atoms with van der Waals surface area (Å²) in [6.07, 6.45) is 15.2. The molecule has 0 aromatic heterocycles. The Morgan fingerprint density at radius 3 is 2.25 bits per heavy atom. The molecule has 0 bridgehead atoms. The standard InChI is InChI=1S/C14H26B4N2/c1-3-5-7-12(6-4-2)17-20-18-14-10-8-13(9-11-14)16-19-15/h3-7,13-14,16-20H,1-2,8-11,15H2/b7-5-,12-6+/t13-,14-. The van der Waals surface area contributed by atoms with Crippen molar-refractivity contribution >= 4 is 30.2 Å². The van der Waals surface area contributed by atoms with E-state index in [4.69, 9.17) is 0 Å². The van der Waals surface area contributed by atoms with Crippen molar-refractivity contribution in [2.75, 3.05) is 0 Å². The number of hydrogen-bond acceptors (Lipinski definition) is 2. The highest BCUT2D eigenvalue weighted by Gasteiger charge is 2.21. The average Bonchev–Trinajstić information content (AvgIpc) is 2.47. The van der Waals surface area contributed by atoms with Gasteiger partial charge in [-0.25, -0.2) is 0 Å². The van der Waals surface area contributed by atoms with Crippen molar-refractivity contribution in [2.45, 2.75) is 37.3 Å². The lowest BCUT2D eigenvalue weighted by molar-refractivity contribution is 0.495. The molecule has 0 spiro atoms. The Morgan fingerprint density at radius 2 is 1.70 bits per heavy atom. The van der Waals surface area contributed by atoms with Gasteiger partial charge >= 0.3 is 0 Å². The van der Waals surface area contributed by atoms with E-state index < -0.39 is 0 Å². The summed E-state index contributed by atoms with van der Waals surface area (Å²) in [5.74, 6) is 1.74. The summed E-state index contributed by atoms with van der Waals surface area (Å²) in [6, 6.07) is 0. The second kappa shape index (κ2) is 10.9. The molecule has 0 heterocycles. The molecule has 1 aliphatic rings. The van der Waals surface area contributed by atoms with Gasteiger partial charge in [-0.15, -0.1) is 0 Å². The monoisotopic (exact) mass is 266 g/mol. The van der Waals surface area contributed by atoms with Gasteiger partial charge in [-0.1, -0.05) is 86.3 Å². The lowest BCUT2D eigenvalue weighted by Crippen LogP contribution is -2.31. The highest BCUT2D eigenvalue weighted by Crippen LogP contribution is 2.34.